The first-order chi connectivity index (χ1) is 20.0. The van der Waals surface area contributed by atoms with Crippen LogP contribution in [-0.2, 0) is 20.9 Å². The van der Waals surface area contributed by atoms with Crippen LogP contribution in [0.15, 0.2) is 83.9 Å². The quantitative estimate of drug-likeness (QED) is 0.273. The zero-order valence-corrected chi connectivity index (χ0v) is 23.7. The Hall–Kier alpha value is -4.05. The fraction of sp³-hybridized carbons (Fsp3) is 0.194. The average Bonchev–Trinajstić information content (AvgIpc) is 3.46. The number of imide groups is 1. The van der Waals surface area contributed by atoms with Gasteiger partial charge in [-0.25, -0.2) is 0 Å². The maximum atomic E-state index is 13.2. The van der Waals surface area contributed by atoms with Crippen LogP contribution in [0.2, 0.25) is 5.02 Å². The van der Waals surface area contributed by atoms with Crippen molar-refractivity contribution in [1.82, 2.24) is 9.47 Å². The summed E-state index contributed by atoms with van der Waals surface area (Å²) < 4.78 is 7.47. The molecule has 2 fully saturated rings. The number of morpholine rings is 1. The minimum absolute atomic E-state index is 0.276. The van der Waals surface area contributed by atoms with Crippen molar-refractivity contribution in [1.29, 1.82) is 0 Å². The molecule has 0 aliphatic carbocycles. The largest absolute Gasteiger partial charge is 0.378 e. The standard InChI is InChI=1S/C31H27ClN4O4S/c32-26-7-3-1-5-21(26)18-35-19-22(25-6-2-4-8-27(25)35)17-28-30(38)36(31(39)41-28)20-29(37)33-23-9-11-24(12-10-23)34-13-15-40-16-14-34/h1-12,17,19H,13-16,18,20H2,(H,33,37)/b28-17-. The van der Waals surface area contributed by atoms with E-state index in [1.54, 1.807) is 6.08 Å². The van der Waals surface area contributed by atoms with E-state index in [1.807, 2.05) is 79.0 Å². The van der Waals surface area contributed by atoms with Crippen molar-refractivity contribution in [2.75, 3.05) is 43.1 Å². The number of rotatable bonds is 7. The molecule has 0 spiro atoms. The number of fused-ring (bicyclic) bond motifs is 1. The van der Waals surface area contributed by atoms with Gasteiger partial charge in [-0.1, -0.05) is 48.0 Å². The molecule has 2 saturated heterocycles. The molecular weight excluding hydrogens is 560 g/mol. The molecule has 3 aromatic carbocycles. The van der Waals surface area contributed by atoms with E-state index in [0.29, 0.717) is 30.5 Å². The molecule has 4 aromatic rings. The summed E-state index contributed by atoms with van der Waals surface area (Å²) in [4.78, 5) is 42.2. The van der Waals surface area contributed by atoms with Crippen LogP contribution < -0.4 is 10.2 Å². The lowest BCUT2D eigenvalue weighted by Gasteiger charge is -2.28. The van der Waals surface area contributed by atoms with Crippen LogP contribution in [0.5, 0.6) is 0 Å². The van der Waals surface area contributed by atoms with Crippen molar-refractivity contribution >= 4 is 68.8 Å². The van der Waals surface area contributed by atoms with Gasteiger partial charge in [-0.2, -0.15) is 0 Å². The van der Waals surface area contributed by atoms with Crippen molar-refractivity contribution < 1.29 is 19.1 Å². The Balaban J connectivity index is 1.15. The highest BCUT2D eigenvalue weighted by Crippen LogP contribution is 2.34. The normalized spacial score (nSPS) is 16.7. The van der Waals surface area contributed by atoms with Gasteiger partial charge >= 0.3 is 0 Å². The first-order valence-electron chi connectivity index (χ1n) is 13.3. The van der Waals surface area contributed by atoms with Gasteiger partial charge < -0.3 is 19.5 Å². The molecule has 0 radical (unpaired) electrons. The highest BCUT2D eigenvalue weighted by Gasteiger charge is 2.36. The predicted molar refractivity (Wildman–Crippen MR) is 163 cm³/mol. The molecule has 208 valence electrons. The van der Waals surface area contributed by atoms with Crippen molar-refractivity contribution in [3.05, 3.63) is 100 Å². The number of benzene rings is 3. The van der Waals surface area contributed by atoms with Gasteiger partial charge in [-0.3, -0.25) is 19.3 Å². The smallest absolute Gasteiger partial charge is 0.294 e. The number of carbonyl (C=O) groups is 3. The summed E-state index contributed by atoms with van der Waals surface area (Å²) in [5, 5.41) is 3.94. The molecule has 6 rings (SSSR count). The average molecular weight is 587 g/mol. The second-order valence-corrected chi connectivity index (χ2v) is 11.2. The van der Waals surface area contributed by atoms with Gasteiger partial charge in [0.2, 0.25) is 5.91 Å². The molecule has 3 heterocycles. The van der Waals surface area contributed by atoms with Crippen LogP contribution in [0.25, 0.3) is 17.0 Å². The van der Waals surface area contributed by atoms with Crippen LogP contribution >= 0.6 is 23.4 Å². The van der Waals surface area contributed by atoms with Crippen LogP contribution in [0.3, 0.4) is 0 Å². The van der Waals surface area contributed by atoms with Gasteiger partial charge in [0.1, 0.15) is 6.54 Å². The van der Waals surface area contributed by atoms with Gasteiger partial charge in [0, 0.05) is 58.7 Å². The number of aromatic nitrogens is 1. The third-order valence-corrected chi connectivity index (χ3v) is 8.38. The lowest BCUT2D eigenvalue weighted by molar-refractivity contribution is -0.127. The SMILES string of the molecule is O=C(CN1C(=O)S/C(=C\c2cn(Cc3ccccc3Cl)c3ccccc23)C1=O)Nc1ccc(N2CCOCC2)cc1. The number of carbonyl (C=O) groups excluding carboxylic acids is 3. The van der Waals surface area contributed by atoms with Gasteiger partial charge in [-0.05, 0) is 59.8 Å². The van der Waals surface area contributed by atoms with Crippen molar-refractivity contribution in [3.63, 3.8) is 0 Å². The number of hydrogen-bond acceptors (Lipinski definition) is 6. The van der Waals surface area contributed by atoms with Crippen LogP contribution in [0.1, 0.15) is 11.1 Å². The number of amides is 3. The number of nitrogens with zero attached hydrogens (tertiary/aromatic N) is 3. The maximum Gasteiger partial charge on any atom is 0.294 e. The molecule has 1 N–H and O–H groups in total. The summed E-state index contributed by atoms with van der Waals surface area (Å²) in [5.41, 5.74) is 4.42. The Morgan fingerprint density at radius 1 is 0.976 bits per heavy atom. The summed E-state index contributed by atoms with van der Waals surface area (Å²) in [6.07, 6.45) is 3.67. The zero-order chi connectivity index (χ0) is 28.3. The number of anilines is 2. The molecule has 2 aliphatic heterocycles. The highest BCUT2D eigenvalue weighted by atomic mass is 35.5. The monoisotopic (exact) mass is 586 g/mol. The lowest BCUT2D eigenvalue weighted by atomic mass is 10.1. The van der Waals surface area contributed by atoms with Crippen LogP contribution in [0, 0.1) is 0 Å². The summed E-state index contributed by atoms with van der Waals surface area (Å²) in [6, 6.07) is 23.0. The van der Waals surface area contributed by atoms with Crippen LogP contribution in [-0.4, -0.2) is 59.4 Å². The van der Waals surface area contributed by atoms with Gasteiger partial charge in [0.05, 0.1) is 18.1 Å². The van der Waals surface area contributed by atoms with E-state index >= 15 is 0 Å². The Morgan fingerprint density at radius 2 is 1.71 bits per heavy atom. The maximum absolute atomic E-state index is 13.2. The second-order valence-electron chi connectivity index (χ2n) is 9.78. The number of thioether (sulfide) groups is 1. The molecule has 3 amide bonds. The summed E-state index contributed by atoms with van der Waals surface area (Å²) >= 11 is 7.24. The van der Waals surface area contributed by atoms with Gasteiger partial charge in [0.15, 0.2) is 0 Å². The summed E-state index contributed by atoms with van der Waals surface area (Å²) in [7, 11) is 0. The summed E-state index contributed by atoms with van der Waals surface area (Å²) in [6.45, 7) is 3.22. The third-order valence-electron chi connectivity index (χ3n) is 7.11. The number of nitrogens with one attached hydrogen (secondary N) is 1. The van der Waals surface area contributed by atoms with E-state index in [9.17, 15) is 14.4 Å². The molecule has 0 bridgehead atoms. The number of ether oxygens (including phenoxy) is 1. The van der Waals surface area contributed by atoms with Crippen LogP contribution in [0.4, 0.5) is 16.2 Å². The Labute approximate surface area is 246 Å². The minimum atomic E-state index is -0.485. The van der Waals surface area contributed by atoms with E-state index in [-0.39, 0.29) is 11.4 Å². The Kier molecular flexibility index (Phi) is 7.82. The molecule has 0 unspecified atom stereocenters. The van der Waals surface area contributed by atoms with Gasteiger partial charge in [0.25, 0.3) is 11.1 Å². The predicted octanol–water partition coefficient (Wildman–Crippen LogP) is 5.85. The van der Waals surface area contributed by atoms with Gasteiger partial charge in [-0.15, -0.1) is 0 Å². The lowest BCUT2D eigenvalue weighted by Crippen LogP contribution is -2.36. The van der Waals surface area contributed by atoms with Crippen molar-refractivity contribution in [3.8, 4) is 0 Å². The number of hydrogen-bond donors (Lipinski definition) is 1. The van der Waals surface area contributed by atoms with E-state index < -0.39 is 17.1 Å². The first-order valence-corrected chi connectivity index (χ1v) is 14.4. The van der Waals surface area contributed by atoms with E-state index in [1.165, 1.54) is 0 Å². The first kappa shape index (κ1) is 27.1. The van der Waals surface area contributed by atoms with Crippen molar-refractivity contribution in [2.24, 2.45) is 0 Å². The molecule has 1 aromatic heterocycles. The number of halogens is 1. The molecule has 0 saturated carbocycles. The highest BCUT2D eigenvalue weighted by molar-refractivity contribution is 8.18. The van der Waals surface area contributed by atoms with E-state index in [0.717, 1.165) is 57.5 Å². The fourth-order valence-corrected chi connectivity index (χ4v) is 6.05. The second kappa shape index (κ2) is 11.8. The molecule has 2 aliphatic rings. The Morgan fingerprint density at radius 3 is 2.49 bits per heavy atom. The van der Waals surface area contributed by atoms with E-state index in [4.69, 9.17) is 16.3 Å². The molecule has 0 atom stereocenters. The third kappa shape index (κ3) is 5.88. The minimum Gasteiger partial charge on any atom is -0.378 e. The molecule has 8 nitrogen and oxygen atoms in total. The van der Waals surface area contributed by atoms with Crippen molar-refractivity contribution in [2.45, 2.75) is 6.54 Å². The zero-order valence-electron chi connectivity index (χ0n) is 22.1. The molecule has 41 heavy (non-hydrogen) atoms. The molecule has 10 heteroatoms. The van der Waals surface area contributed by atoms with E-state index in [2.05, 4.69) is 14.8 Å². The number of para-hydroxylation sites is 1. The summed E-state index contributed by atoms with van der Waals surface area (Å²) in [5.74, 6) is -0.926. The fourth-order valence-electron chi connectivity index (χ4n) is 5.03. The topological polar surface area (TPSA) is 83.9 Å². The Bertz CT molecular complexity index is 1660. The molecular formula is C31H27ClN4O4S.